The Morgan fingerprint density at radius 1 is 1.32 bits per heavy atom. The molecule has 1 N–H and O–H groups in total. The fourth-order valence-electron chi connectivity index (χ4n) is 2.42. The molecule has 1 fully saturated rings. The van der Waals surface area contributed by atoms with E-state index in [9.17, 15) is 0 Å². The monoisotopic (exact) mass is 282 g/mol. The zero-order valence-electron chi connectivity index (χ0n) is 12.0. The smallest absolute Gasteiger partial charge is 0.137 e. The van der Waals surface area contributed by atoms with Gasteiger partial charge in [0.1, 0.15) is 16.8 Å². The molecule has 1 unspecified atom stereocenters. The van der Waals surface area contributed by atoms with Gasteiger partial charge in [0, 0.05) is 24.6 Å². The van der Waals surface area contributed by atoms with Crippen LogP contribution in [0.25, 0.3) is 0 Å². The van der Waals surface area contributed by atoms with Crippen LogP contribution < -0.4 is 5.32 Å². The van der Waals surface area contributed by atoms with E-state index in [0.29, 0.717) is 11.2 Å². The van der Waals surface area contributed by atoms with Gasteiger partial charge in [0.25, 0.3) is 0 Å². The van der Waals surface area contributed by atoms with Gasteiger partial charge in [-0.15, -0.1) is 0 Å². The van der Waals surface area contributed by atoms with E-state index in [1.807, 2.05) is 13.8 Å². The Bertz CT molecular complexity index is 430. The first-order valence-electron chi connectivity index (χ1n) is 7.12. The van der Waals surface area contributed by atoms with Crippen LogP contribution in [0.4, 0.5) is 5.82 Å². The second-order valence-electron chi connectivity index (χ2n) is 5.23. The lowest BCUT2D eigenvalue weighted by molar-refractivity contribution is 0.269. The van der Waals surface area contributed by atoms with E-state index >= 15 is 0 Å². The molecule has 1 aliphatic rings. The van der Waals surface area contributed by atoms with Crippen LogP contribution in [0.2, 0.25) is 5.15 Å². The predicted octanol–water partition coefficient (Wildman–Crippen LogP) is 2.90. The van der Waals surface area contributed by atoms with Crippen molar-refractivity contribution < 1.29 is 0 Å². The van der Waals surface area contributed by atoms with Gasteiger partial charge in [-0.25, -0.2) is 9.97 Å². The van der Waals surface area contributed by atoms with Crippen molar-refractivity contribution >= 4 is 17.4 Å². The van der Waals surface area contributed by atoms with E-state index in [-0.39, 0.29) is 0 Å². The number of aryl methyl sites for hydroxylation is 1. The van der Waals surface area contributed by atoms with Crippen molar-refractivity contribution in [3.63, 3.8) is 0 Å². The number of hydrogen-bond acceptors (Lipinski definition) is 4. The van der Waals surface area contributed by atoms with Crippen LogP contribution in [0.5, 0.6) is 0 Å². The maximum absolute atomic E-state index is 6.14. The quantitative estimate of drug-likeness (QED) is 0.843. The van der Waals surface area contributed by atoms with Gasteiger partial charge in [0.2, 0.25) is 0 Å². The normalized spacial score (nSPS) is 17.7. The number of rotatable bonds is 5. The summed E-state index contributed by atoms with van der Waals surface area (Å²) in [6.45, 7) is 9.59. The van der Waals surface area contributed by atoms with Crippen molar-refractivity contribution in [2.45, 2.75) is 46.1 Å². The summed E-state index contributed by atoms with van der Waals surface area (Å²) in [4.78, 5) is 11.3. The highest BCUT2D eigenvalue weighted by molar-refractivity contribution is 6.30. The van der Waals surface area contributed by atoms with Gasteiger partial charge in [-0.1, -0.05) is 18.5 Å². The van der Waals surface area contributed by atoms with Crippen molar-refractivity contribution in [2.24, 2.45) is 0 Å². The largest absolute Gasteiger partial charge is 0.368 e. The van der Waals surface area contributed by atoms with E-state index in [0.717, 1.165) is 30.2 Å². The molecule has 4 nitrogen and oxygen atoms in total. The highest BCUT2D eigenvalue weighted by Gasteiger charge is 2.18. The van der Waals surface area contributed by atoms with Gasteiger partial charge in [0.05, 0.1) is 0 Å². The molecule has 1 aliphatic heterocycles. The third kappa shape index (κ3) is 3.57. The van der Waals surface area contributed by atoms with E-state index in [2.05, 4.69) is 27.1 Å². The Balaban J connectivity index is 2.00. The van der Waals surface area contributed by atoms with Crippen LogP contribution in [-0.4, -0.2) is 40.5 Å². The van der Waals surface area contributed by atoms with Crippen LogP contribution >= 0.6 is 11.6 Å². The Hall–Kier alpha value is -0.870. The zero-order chi connectivity index (χ0) is 13.8. The van der Waals surface area contributed by atoms with Gasteiger partial charge >= 0.3 is 0 Å². The lowest BCUT2D eigenvalue weighted by Gasteiger charge is -2.24. The zero-order valence-corrected chi connectivity index (χ0v) is 12.8. The van der Waals surface area contributed by atoms with Crippen LogP contribution in [0.1, 0.15) is 38.1 Å². The molecule has 19 heavy (non-hydrogen) atoms. The molecule has 0 radical (unpaired) electrons. The van der Waals surface area contributed by atoms with Crippen LogP contribution in [0, 0.1) is 6.92 Å². The van der Waals surface area contributed by atoms with Crippen molar-refractivity contribution in [1.82, 2.24) is 14.9 Å². The molecule has 0 spiro atoms. The second-order valence-corrected chi connectivity index (χ2v) is 5.59. The predicted molar refractivity (Wildman–Crippen MR) is 79.9 cm³/mol. The minimum absolute atomic E-state index is 0.528. The van der Waals surface area contributed by atoms with E-state index in [1.165, 1.54) is 25.9 Å². The first-order chi connectivity index (χ1) is 9.11. The number of halogens is 1. The molecule has 1 atom stereocenters. The van der Waals surface area contributed by atoms with Crippen LogP contribution in [0.15, 0.2) is 0 Å². The summed E-state index contributed by atoms with van der Waals surface area (Å²) in [6, 6.07) is 0.528. The SMILES string of the molecule is CCc1nc(Cl)c(C)c(NCC(C)N2CCCC2)n1. The second kappa shape index (κ2) is 6.53. The molecule has 2 heterocycles. The summed E-state index contributed by atoms with van der Waals surface area (Å²) in [5.74, 6) is 1.68. The Labute approximate surface area is 120 Å². The van der Waals surface area contributed by atoms with Crippen LogP contribution in [0.3, 0.4) is 0 Å². The van der Waals surface area contributed by atoms with Gasteiger partial charge < -0.3 is 5.32 Å². The van der Waals surface area contributed by atoms with Gasteiger partial charge in [-0.05, 0) is 39.8 Å². The van der Waals surface area contributed by atoms with E-state index in [4.69, 9.17) is 11.6 Å². The lowest BCUT2D eigenvalue weighted by Crippen LogP contribution is -2.35. The molecule has 2 rings (SSSR count). The standard InChI is InChI=1S/C14H23ClN4/c1-4-12-17-13(15)11(3)14(18-12)16-9-10(2)19-7-5-6-8-19/h10H,4-9H2,1-3H3,(H,16,17,18). The van der Waals surface area contributed by atoms with E-state index < -0.39 is 0 Å². The Morgan fingerprint density at radius 3 is 2.63 bits per heavy atom. The third-order valence-corrected chi connectivity index (χ3v) is 4.15. The fourth-order valence-corrected chi connectivity index (χ4v) is 2.61. The summed E-state index contributed by atoms with van der Waals surface area (Å²) in [6.07, 6.45) is 3.45. The molecule has 1 aromatic rings. The molecule has 1 saturated heterocycles. The van der Waals surface area contributed by atoms with Gasteiger partial charge in [-0.2, -0.15) is 0 Å². The Morgan fingerprint density at radius 2 is 2.00 bits per heavy atom. The molecule has 0 aromatic carbocycles. The van der Waals surface area contributed by atoms with Crippen molar-refractivity contribution in [3.8, 4) is 0 Å². The number of aromatic nitrogens is 2. The molecule has 0 bridgehead atoms. The van der Waals surface area contributed by atoms with Crippen molar-refractivity contribution in [2.75, 3.05) is 25.0 Å². The minimum Gasteiger partial charge on any atom is -0.368 e. The topological polar surface area (TPSA) is 41.1 Å². The lowest BCUT2D eigenvalue weighted by atomic mass is 10.2. The van der Waals surface area contributed by atoms with E-state index in [1.54, 1.807) is 0 Å². The molecule has 5 heteroatoms. The first-order valence-corrected chi connectivity index (χ1v) is 7.50. The average molecular weight is 283 g/mol. The molecule has 0 aliphatic carbocycles. The fraction of sp³-hybridized carbons (Fsp3) is 0.714. The van der Waals surface area contributed by atoms with Gasteiger partial charge in [-0.3, -0.25) is 4.90 Å². The molecule has 0 saturated carbocycles. The van der Waals surface area contributed by atoms with Gasteiger partial charge in [0.15, 0.2) is 0 Å². The summed E-state index contributed by atoms with van der Waals surface area (Å²) >= 11 is 6.14. The number of likely N-dealkylation sites (tertiary alicyclic amines) is 1. The molecule has 1 aromatic heterocycles. The molecular formula is C14H23ClN4. The number of nitrogens with zero attached hydrogens (tertiary/aromatic N) is 3. The number of nitrogens with one attached hydrogen (secondary N) is 1. The Kier molecular flexibility index (Phi) is 4.99. The van der Waals surface area contributed by atoms with Crippen molar-refractivity contribution in [3.05, 3.63) is 16.5 Å². The number of hydrogen-bond donors (Lipinski definition) is 1. The molecule has 0 amide bonds. The maximum atomic E-state index is 6.14. The molecular weight excluding hydrogens is 260 g/mol. The van der Waals surface area contributed by atoms with Crippen LogP contribution in [-0.2, 0) is 6.42 Å². The minimum atomic E-state index is 0.528. The highest BCUT2D eigenvalue weighted by Crippen LogP contribution is 2.20. The number of anilines is 1. The first kappa shape index (κ1) is 14.5. The van der Waals surface area contributed by atoms with Crippen molar-refractivity contribution in [1.29, 1.82) is 0 Å². The maximum Gasteiger partial charge on any atom is 0.137 e. The summed E-state index contributed by atoms with van der Waals surface area (Å²) < 4.78 is 0. The third-order valence-electron chi connectivity index (χ3n) is 3.78. The summed E-state index contributed by atoms with van der Waals surface area (Å²) in [7, 11) is 0. The summed E-state index contributed by atoms with van der Waals surface area (Å²) in [5.41, 5.74) is 0.937. The summed E-state index contributed by atoms with van der Waals surface area (Å²) in [5, 5.41) is 3.99. The molecule has 106 valence electrons. The highest BCUT2D eigenvalue weighted by atomic mass is 35.5. The average Bonchev–Trinajstić information content (AvgIpc) is 2.94.